The summed E-state index contributed by atoms with van der Waals surface area (Å²) in [6.07, 6.45) is 0. The summed E-state index contributed by atoms with van der Waals surface area (Å²) in [6.45, 7) is -2.02. The third-order valence-electron chi connectivity index (χ3n) is 5.50. The molecule has 1 heterocycles. The van der Waals surface area contributed by atoms with E-state index in [1.165, 1.54) is 52.5 Å². The monoisotopic (exact) mass is 493 g/mol. The van der Waals surface area contributed by atoms with Crippen molar-refractivity contribution in [1.29, 1.82) is 0 Å². The Hall–Kier alpha value is -4.09. The van der Waals surface area contributed by atoms with Crippen molar-refractivity contribution in [1.82, 2.24) is 15.5 Å². The fourth-order valence-electron chi connectivity index (χ4n) is 3.63. The molecule has 1 aliphatic heterocycles. The normalized spacial score (nSPS) is 17.3. The third-order valence-corrected chi connectivity index (χ3v) is 5.50. The van der Waals surface area contributed by atoms with Gasteiger partial charge in [-0.15, -0.1) is 0 Å². The zero-order chi connectivity index (χ0) is 25.8. The van der Waals surface area contributed by atoms with Gasteiger partial charge >= 0.3 is 12.6 Å². The third kappa shape index (κ3) is 5.36. The highest BCUT2D eigenvalue weighted by Gasteiger charge is 2.49. The number of carbonyl (C=O) groups excluding carboxylic acids is 3. The highest BCUT2D eigenvalue weighted by molar-refractivity contribution is 6.09. The molecule has 0 bridgehead atoms. The molecule has 0 radical (unpaired) electrons. The number of methoxy groups -OCH3 is 3. The van der Waals surface area contributed by atoms with Crippen molar-refractivity contribution in [3.05, 3.63) is 47.5 Å². The Kier molecular flexibility index (Phi) is 7.62. The smallest absolute Gasteiger partial charge is 0.387 e. The number of hydrogen-bond acceptors (Lipinski definition) is 7. The molecular formula is C23H25F2N3O7. The predicted octanol–water partition coefficient (Wildman–Crippen LogP) is 2.40. The Labute approximate surface area is 200 Å². The van der Waals surface area contributed by atoms with E-state index < -0.39 is 36.5 Å². The summed E-state index contributed by atoms with van der Waals surface area (Å²) in [5.74, 6) is -0.00546. The molecule has 1 unspecified atom stereocenters. The summed E-state index contributed by atoms with van der Waals surface area (Å²) in [6, 6.07) is 7.80. The summed E-state index contributed by atoms with van der Waals surface area (Å²) >= 11 is 0. The molecule has 2 aromatic carbocycles. The van der Waals surface area contributed by atoms with Crippen LogP contribution in [-0.2, 0) is 21.7 Å². The molecule has 4 amide bonds. The molecule has 10 nitrogen and oxygen atoms in total. The second kappa shape index (κ2) is 10.5. The Bertz CT molecular complexity index is 1110. The van der Waals surface area contributed by atoms with Gasteiger partial charge in [0.05, 0.1) is 21.3 Å². The minimum atomic E-state index is -2.99. The first-order valence-corrected chi connectivity index (χ1v) is 10.4. The van der Waals surface area contributed by atoms with Crippen molar-refractivity contribution < 1.29 is 42.1 Å². The Morgan fingerprint density at radius 1 is 1.03 bits per heavy atom. The van der Waals surface area contributed by atoms with Gasteiger partial charge in [0.25, 0.3) is 5.91 Å². The number of urea groups is 1. The number of benzene rings is 2. The Morgan fingerprint density at radius 2 is 1.63 bits per heavy atom. The Balaban J connectivity index is 1.68. The molecule has 0 aromatic heterocycles. The van der Waals surface area contributed by atoms with Gasteiger partial charge in [0.2, 0.25) is 5.91 Å². The molecule has 1 fully saturated rings. The van der Waals surface area contributed by atoms with Crippen LogP contribution in [0.25, 0.3) is 0 Å². The number of alkyl halides is 2. The van der Waals surface area contributed by atoms with E-state index in [0.29, 0.717) is 28.4 Å². The Morgan fingerprint density at radius 3 is 2.20 bits per heavy atom. The zero-order valence-corrected chi connectivity index (χ0v) is 19.5. The maximum absolute atomic E-state index is 13.0. The molecule has 2 aromatic rings. The topological polar surface area (TPSA) is 115 Å². The first-order chi connectivity index (χ1) is 16.6. The van der Waals surface area contributed by atoms with Crippen LogP contribution in [-0.4, -0.2) is 57.2 Å². The lowest BCUT2D eigenvalue weighted by Crippen LogP contribution is -2.43. The molecule has 3 rings (SSSR count). The minimum absolute atomic E-state index is 0.0366. The van der Waals surface area contributed by atoms with Crippen molar-refractivity contribution in [2.24, 2.45) is 0 Å². The molecule has 2 N–H and O–H groups in total. The van der Waals surface area contributed by atoms with Crippen LogP contribution in [0.5, 0.6) is 23.0 Å². The zero-order valence-electron chi connectivity index (χ0n) is 19.5. The maximum atomic E-state index is 13.0. The summed E-state index contributed by atoms with van der Waals surface area (Å²) in [4.78, 5) is 38.9. The molecule has 0 aliphatic carbocycles. The van der Waals surface area contributed by atoms with Crippen molar-refractivity contribution in [2.75, 3.05) is 27.9 Å². The molecular weight excluding hydrogens is 468 g/mol. The first-order valence-electron chi connectivity index (χ1n) is 10.4. The fraction of sp³-hybridized carbons (Fsp3) is 0.348. The van der Waals surface area contributed by atoms with E-state index in [4.69, 9.17) is 14.2 Å². The molecule has 0 saturated carbocycles. The number of amides is 4. The van der Waals surface area contributed by atoms with Gasteiger partial charge in [-0.25, -0.2) is 4.79 Å². The van der Waals surface area contributed by atoms with Crippen molar-refractivity contribution >= 4 is 17.8 Å². The van der Waals surface area contributed by atoms with E-state index in [-0.39, 0.29) is 12.3 Å². The van der Waals surface area contributed by atoms with Gasteiger partial charge in [-0.1, -0.05) is 12.1 Å². The van der Waals surface area contributed by atoms with Crippen LogP contribution in [0, 0.1) is 0 Å². The van der Waals surface area contributed by atoms with Gasteiger partial charge in [-0.2, -0.15) is 8.78 Å². The molecule has 0 spiro atoms. The van der Waals surface area contributed by atoms with Gasteiger partial charge in [0.15, 0.2) is 11.5 Å². The summed E-state index contributed by atoms with van der Waals surface area (Å²) < 4.78 is 44.9. The van der Waals surface area contributed by atoms with Crippen LogP contribution < -0.4 is 29.6 Å². The maximum Gasteiger partial charge on any atom is 0.387 e. The van der Waals surface area contributed by atoms with E-state index in [1.54, 1.807) is 12.1 Å². The van der Waals surface area contributed by atoms with Crippen LogP contribution in [0.2, 0.25) is 0 Å². The van der Waals surface area contributed by atoms with E-state index in [9.17, 15) is 23.2 Å². The van der Waals surface area contributed by atoms with Gasteiger partial charge in [-0.05, 0) is 30.7 Å². The number of halogens is 2. The second-order valence-corrected chi connectivity index (χ2v) is 7.65. The quantitative estimate of drug-likeness (QED) is 0.489. The van der Waals surface area contributed by atoms with Gasteiger partial charge in [0, 0.05) is 18.2 Å². The molecule has 35 heavy (non-hydrogen) atoms. The fourth-order valence-corrected chi connectivity index (χ4v) is 3.63. The second-order valence-electron chi connectivity index (χ2n) is 7.65. The van der Waals surface area contributed by atoms with E-state index >= 15 is 0 Å². The van der Waals surface area contributed by atoms with Gasteiger partial charge in [0.1, 0.15) is 23.6 Å². The lowest BCUT2D eigenvalue weighted by Gasteiger charge is -2.22. The van der Waals surface area contributed by atoms with Crippen LogP contribution in [0.15, 0.2) is 36.4 Å². The summed E-state index contributed by atoms with van der Waals surface area (Å²) in [5.41, 5.74) is -0.546. The predicted molar refractivity (Wildman–Crippen MR) is 119 cm³/mol. The lowest BCUT2D eigenvalue weighted by molar-refractivity contribution is -0.134. The summed E-state index contributed by atoms with van der Waals surface area (Å²) in [5, 5.41) is 5.20. The van der Waals surface area contributed by atoms with E-state index in [1.807, 2.05) is 0 Å². The number of hydrogen-bond donors (Lipinski definition) is 2. The van der Waals surface area contributed by atoms with Gasteiger partial charge in [-0.3, -0.25) is 14.5 Å². The number of carbonyl (C=O) groups is 3. The van der Waals surface area contributed by atoms with Crippen LogP contribution in [0.1, 0.15) is 18.1 Å². The average molecular weight is 493 g/mol. The average Bonchev–Trinajstić information content (AvgIpc) is 3.05. The van der Waals surface area contributed by atoms with Crippen molar-refractivity contribution in [3.8, 4) is 23.0 Å². The molecule has 1 saturated heterocycles. The van der Waals surface area contributed by atoms with Gasteiger partial charge < -0.3 is 29.6 Å². The highest BCUT2D eigenvalue weighted by atomic mass is 19.3. The lowest BCUT2D eigenvalue weighted by atomic mass is 9.92. The largest absolute Gasteiger partial charge is 0.496 e. The first kappa shape index (κ1) is 25.5. The van der Waals surface area contributed by atoms with E-state index in [2.05, 4.69) is 15.4 Å². The molecule has 1 atom stereocenters. The number of nitrogens with one attached hydrogen (secondary N) is 2. The van der Waals surface area contributed by atoms with Crippen molar-refractivity contribution in [3.63, 3.8) is 0 Å². The highest BCUT2D eigenvalue weighted by Crippen LogP contribution is 2.34. The summed E-state index contributed by atoms with van der Waals surface area (Å²) in [7, 11) is 4.42. The van der Waals surface area contributed by atoms with Crippen LogP contribution >= 0.6 is 0 Å². The number of rotatable bonds is 10. The number of imide groups is 1. The number of ether oxygens (including phenoxy) is 4. The SMILES string of the molecule is COc1cc(OC)c(OC)cc1CNC(=O)CN1C(=O)NC(C)(c2ccc(OC(F)F)cc2)C1=O. The molecule has 12 heteroatoms. The van der Waals surface area contributed by atoms with E-state index in [0.717, 1.165) is 4.90 Å². The van der Waals surface area contributed by atoms with Crippen LogP contribution in [0.3, 0.4) is 0 Å². The molecule has 1 aliphatic rings. The number of nitrogens with zero attached hydrogens (tertiary/aromatic N) is 1. The molecule has 188 valence electrons. The van der Waals surface area contributed by atoms with Crippen LogP contribution in [0.4, 0.5) is 13.6 Å². The minimum Gasteiger partial charge on any atom is -0.496 e. The van der Waals surface area contributed by atoms with Crippen molar-refractivity contribution in [2.45, 2.75) is 25.6 Å². The standard InChI is InChI=1S/C23H25F2N3O7/c1-23(14-5-7-15(8-6-14)35-21(24)25)20(30)28(22(31)27-23)12-19(29)26-11-13-9-17(33-3)18(34-4)10-16(13)32-2/h5-10,21H,11-12H2,1-4H3,(H,26,29)(H,27,31).